The second-order valence-electron chi connectivity index (χ2n) is 16.9. The molecule has 48 heavy (non-hydrogen) atoms. The van der Waals surface area contributed by atoms with Gasteiger partial charge in [0.1, 0.15) is 22.3 Å². The zero-order valence-corrected chi connectivity index (χ0v) is 34.0. The Morgan fingerprint density at radius 3 is 1.12 bits per heavy atom. The van der Waals surface area contributed by atoms with Crippen molar-refractivity contribution in [2.24, 2.45) is 0 Å². The van der Waals surface area contributed by atoms with Crippen molar-refractivity contribution >= 4 is 75.7 Å². The van der Waals surface area contributed by atoms with E-state index in [-0.39, 0.29) is 29.1 Å². The molecule has 0 atom stereocenters. The second kappa shape index (κ2) is 14.7. The van der Waals surface area contributed by atoms with Crippen LogP contribution in [0.4, 0.5) is 0 Å². The van der Waals surface area contributed by atoms with Gasteiger partial charge in [-0.05, 0) is 115 Å². The van der Waals surface area contributed by atoms with Crippen LogP contribution in [0.3, 0.4) is 0 Å². The van der Waals surface area contributed by atoms with Crippen LogP contribution in [-0.2, 0) is 21.7 Å². The molecule has 0 saturated heterocycles. The molecule has 2 nitrogen and oxygen atoms in total. The van der Waals surface area contributed by atoms with Crippen LogP contribution < -0.4 is 0 Å². The number of benzene rings is 4. The molecule has 0 aliphatic heterocycles. The van der Waals surface area contributed by atoms with Crippen LogP contribution in [0, 0.1) is 0 Å². The average Bonchev–Trinajstić information content (AvgIpc) is 3.53. The van der Waals surface area contributed by atoms with E-state index < -0.39 is 0 Å². The standard InChI is InChI=1S/C20H23BrO.C20H24O.C3H7Br.CH4/c1-19(2,3)12-7-8-17-14(9-12)15-10-13(20(4,5)6)11-16(21)18(15)22-17;1-19(2,3)13-7-9-17-15(11-13)16-12-14(20(4,5)6)8-10-18(16)21-17;1-2-3-4;/h7-11H,1-6H3;7-12H,1-6H3;2-3H2,1H3;1H4. The van der Waals surface area contributed by atoms with Crippen molar-refractivity contribution < 1.29 is 8.83 Å². The van der Waals surface area contributed by atoms with Crippen LogP contribution in [0.15, 0.2) is 80.0 Å². The molecule has 2 aromatic heterocycles. The van der Waals surface area contributed by atoms with Gasteiger partial charge in [-0.1, -0.05) is 132 Å². The van der Waals surface area contributed by atoms with E-state index in [1.54, 1.807) is 0 Å². The molecular weight excluding hydrogens is 720 g/mol. The van der Waals surface area contributed by atoms with Gasteiger partial charge in [0, 0.05) is 26.9 Å². The van der Waals surface area contributed by atoms with Crippen molar-refractivity contribution in [3.05, 3.63) is 93.5 Å². The van der Waals surface area contributed by atoms with E-state index in [0.717, 1.165) is 32.1 Å². The first-order valence-corrected chi connectivity index (χ1v) is 18.8. The fourth-order valence-corrected chi connectivity index (χ4v) is 5.99. The van der Waals surface area contributed by atoms with Gasteiger partial charge in [-0.3, -0.25) is 0 Å². The largest absolute Gasteiger partial charge is 0.456 e. The van der Waals surface area contributed by atoms with Gasteiger partial charge >= 0.3 is 0 Å². The highest BCUT2D eigenvalue weighted by molar-refractivity contribution is 9.10. The number of furan rings is 2. The van der Waals surface area contributed by atoms with Crippen LogP contribution in [0.1, 0.15) is 126 Å². The minimum Gasteiger partial charge on any atom is -0.456 e. The molecule has 0 aliphatic rings. The van der Waals surface area contributed by atoms with Crippen molar-refractivity contribution in [2.45, 2.75) is 126 Å². The first-order chi connectivity index (χ1) is 21.6. The maximum Gasteiger partial charge on any atom is 0.149 e. The zero-order chi connectivity index (χ0) is 35.1. The average molecular weight is 779 g/mol. The number of alkyl halides is 1. The van der Waals surface area contributed by atoms with Crippen molar-refractivity contribution in [3.8, 4) is 0 Å². The number of hydrogen-bond donors (Lipinski definition) is 0. The Balaban J connectivity index is 0.000000230. The van der Waals surface area contributed by atoms with Crippen molar-refractivity contribution in [1.29, 1.82) is 0 Å². The number of fused-ring (bicyclic) bond motifs is 6. The molecule has 0 bridgehead atoms. The number of halogens is 2. The molecular formula is C44H58Br2O2. The highest BCUT2D eigenvalue weighted by Crippen LogP contribution is 2.39. The summed E-state index contributed by atoms with van der Waals surface area (Å²) in [4.78, 5) is 0. The van der Waals surface area contributed by atoms with Gasteiger partial charge in [-0.2, -0.15) is 0 Å². The van der Waals surface area contributed by atoms with Crippen molar-refractivity contribution in [1.82, 2.24) is 0 Å². The van der Waals surface area contributed by atoms with Crippen molar-refractivity contribution in [3.63, 3.8) is 0 Å². The monoisotopic (exact) mass is 776 g/mol. The smallest absolute Gasteiger partial charge is 0.149 e. The molecule has 4 heteroatoms. The predicted molar refractivity (Wildman–Crippen MR) is 221 cm³/mol. The molecule has 260 valence electrons. The molecule has 0 N–H and O–H groups in total. The number of hydrogen-bond acceptors (Lipinski definition) is 2. The van der Waals surface area contributed by atoms with Gasteiger partial charge in [0.05, 0.1) is 4.47 Å². The van der Waals surface area contributed by atoms with Crippen molar-refractivity contribution in [2.75, 3.05) is 5.33 Å². The summed E-state index contributed by atoms with van der Waals surface area (Å²) in [6.45, 7) is 29.1. The molecule has 0 aliphatic carbocycles. The lowest BCUT2D eigenvalue weighted by Crippen LogP contribution is -2.11. The van der Waals surface area contributed by atoms with Crippen LogP contribution in [-0.4, -0.2) is 5.33 Å². The molecule has 6 aromatic rings. The summed E-state index contributed by atoms with van der Waals surface area (Å²) in [6.07, 6.45) is 1.24. The summed E-state index contributed by atoms with van der Waals surface area (Å²) >= 11 is 6.93. The topological polar surface area (TPSA) is 26.3 Å². The van der Waals surface area contributed by atoms with Gasteiger partial charge in [-0.15, -0.1) is 0 Å². The summed E-state index contributed by atoms with van der Waals surface area (Å²) in [5.74, 6) is 0. The van der Waals surface area contributed by atoms with Crippen LogP contribution in [0.5, 0.6) is 0 Å². The number of rotatable bonds is 1. The van der Waals surface area contributed by atoms with Gasteiger partial charge in [0.25, 0.3) is 0 Å². The Kier molecular flexibility index (Phi) is 12.2. The SMILES string of the molecule is C.CC(C)(C)c1ccc2oc3c(Br)cc(C(C)(C)C)cc3c2c1.CC(C)(C)c1ccc2oc3ccc(C(C)(C)C)cc3c2c1.CCCBr. The molecule has 0 radical (unpaired) electrons. The maximum absolute atomic E-state index is 6.07. The highest BCUT2D eigenvalue weighted by Gasteiger charge is 2.21. The first-order valence-electron chi connectivity index (χ1n) is 16.8. The molecule has 0 amide bonds. The molecule has 6 rings (SSSR count). The van der Waals surface area contributed by atoms with E-state index >= 15 is 0 Å². The lowest BCUT2D eigenvalue weighted by atomic mass is 9.85. The molecule has 0 saturated carbocycles. The van der Waals surface area contributed by atoms with E-state index in [1.807, 2.05) is 0 Å². The molecule has 4 aromatic carbocycles. The van der Waals surface area contributed by atoms with Crippen LogP contribution in [0.2, 0.25) is 0 Å². The molecule has 2 heterocycles. The third kappa shape index (κ3) is 8.96. The highest BCUT2D eigenvalue weighted by atomic mass is 79.9. The van der Waals surface area contributed by atoms with E-state index in [4.69, 9.17) is 8.83 Å². The quantitative estimate of drug-likeness (QED) is 0.155. The van der Waals surface area contributed by atoms with E-state index in [2.05, 4.69) is 189 Å². The second-order valence-corrected chi connectivity index (χ2v) is 18.5. The van der Waals surface area contributed by atoms with E-state index in [1.165, 1.54) is 50.2 Å². The Morgan fingerprint density at radius 2 is 0.792 bits per heavy atom. The molecule has 0 unspecified atom stereocenters. The summed E-state index contributed by atoms with van der Waals surface area (Å²) in [6, 6.07) is 24.1. The Labute approximate surface area is 307 Å². The van der Waals surface area contributed by atoms with E-state index in [9.17, 15) is 0 Å². The summed E-state index contributed by atoms with van der Waals surface area (Å²) < 4.78 is 13.1. The fourth-order valence-electron chi connectivity index (χ4n) is 5.45. The molecule has 0 fully saturated rings. The van der Waals surface area contributed by atoms with Crippen LogP contribution >= 0.6 is 31.9 Å². The molecule has 0 spiro atoms. The predicted octanol–water partition coefficient (Wildman–Crippen LogP) is 15.6. The Bertz CT molecular complexity index is 1920. The van der Waals surface area contributed by atoms with Gasteiger partial charge < -0.3 is 8.83 Å². The maximum atomic E-state index is 6.07. The van der Waals surface area contributed by atoms with Gasteiger partial charge in [-0.25, -0.2) is 0 Å². The fraction of sp³-hybridized carbons (Fsp3) is 0.455. The van der Waals surface area contributed by atoms with Gasteiger partial charge in [0.15, 0.2) is 0 Å². The summed E-state index contributed by atoms with van der Waals surface area (Å²) in [7, 11) is 0. The minimum atomic E-state index is 0. The lowest BCUT2D eigenvalue weighted by molar-refractivity contribution is 0.589. The summed E-state index contributed by atoms with van der Waals surface area (Å²) in [5, 5.41) is 5.98. The zero-order valence-electron chi connectivity index (χ0n) is 30.8. The Hall–Kier alpha value is -2.56. The van der Waals surface area contributed by atoms with E-state index in [0.29, 0.717) is 0 Å². The third-order valence-corrected chi connectivity index (χ3v) is 10.0. The first kappa shape index (κ1) is 39.9. The van der Waals surface area contributed by atoms with Gasteiger partial charge in [0.2, 0.25) is 0 Å². The van der Waals surface area contributed by atoms with Crippen LogP contribution in [0.25, 0.3) is 43.9 Å². The minimum absolute atomic E-state index is 0. The summed E-state index contributed by atoms with van der Waals surface area (Å²) in [5.41, 5.74) is 9.74. The normalized spacial score (nSPS) is 12.5. The lowest BCUT2D eigenvalue weighted by Gasteiger charge is -2.20. The third-order valence-electron chi connectivity index (χ3n) is 8.65. The Morgan fingerprint density at radius 1 is 0.479 bits per heavy atom.